The fourth-order valence-corrected chi connectivity index (χ4v) is 3.48. The first-order valence-corrected chi connectivity index (χ1v) is 10.7. The number of benzene rings is 1. The summed E-state index contributed by atoms with van der Waals surface area (Å²) in [6, 6.07) is 9.85. The molecule has 3 aromatic rings. The molecule has 10 nitrogen and oxygen atoms in total. The number of pyridine rings is 1. The van der Waals surface area contributed by atoms with Crippen molar-refractivity contribution in [3.05, 3.63) is 72.3 Å². The van der Waals surface area contributed by atoms with Crippen molar-refractivity contribution >= 4 is 23.6 Å². The van der Waals surface area contributed by atoms with Crippen molar-refractivity contribution in [2.24, 2.45) is 0 Å². The third kappa shape index (κ3) is 5.37. The summed E-state index contributed by atoms with van der Waals surface area (Å²) in [5, 5.41) is 5.36. The summed E-state index contributed by atoms with van der Waals surface area (Å²) in [7, 11) is 0. The molecule has 1 fully saturated rings. The average molecular weight is 466 g/mol. The maximum atomic E-state index is 14.9. The Morgan fingerprint density at radius 1 is 1.21 bits per heavy atom. The third-order valence-corrected chi connectivity index (χ3v) is 5.18. The molecule has 0 aliphatic carbocycles. The van der Waals surface area contributed by atoms with Crippen molar-refractivity contribution < 1.29 is 23.5 Å². The third-order valence-electron chi connectivity index (χ3n) is 5.18. The highest BCUT2D eigenvalue weighted by atomic mass is 19.1. The van der Waals surface area contributed by atoms with Gasteiger partial charge in [-0.25, -0.2) is 14.2 Å². The van der Waals surface area contributed by atoms with E-state index in [1.807, 2.05) is 18.2 Å². The van der Waals surface area contributed by atoms with Gasteiger partial charge in [-0.05, 0) is 30.3 Å². The lowest BCUT2D eigenvalue weighted by atomic mass is 10.2. The van der Waals surface area contributed by atoms with Gasteiger partial charge in [-0.1, -0.05) is 6.07 Å². The number of hydrogen-bond donors (Lipinski definition) is 2. The molecule has 1 aliphatic rings. The van der Waals surface area contributed by atoms with Crippen LogP contribution in [-0.4, -0.2) is 58.2 Å². The number of amides is 3. The predicted octanol–water partition coefficient (Wildman–Crippen LogP) is 1.84. The molecule has 1 aromatic carbocycles. The SMILES string of the molecule is CC(=O)NC[C@H]1CN(c2ccc(-n3cnc(C(=O)NCCc4ccccn4)c3)c(F)c2)C(=O)O1. The van der Waals surface area contributed by atoms with Gasteiger partial charge in [-0.15, -0.1) is 0 Å². The second kappa shape index (κ2) is 10.1. The Morgan fingerprint density at radius 2 is 2.06 bits per heavy atom. The lowest BCUT2D eigenvalue weighted by Crippen LogP contribution is -2.33. The number of anilines is 1. The molecule has 34 heavy (non-hydrogen) atoms. The minimum Gasteiger partial charge on any atom is -0.442 e. The minimum atomic E-state index is -0.616. The van der Waals surface area contributed by atoms with Crippen LogP contribution in [0.15, 0.2) is 55.1 Å². The molecule has 0 bridgehead atoms. The summed E-state index contributed by atoms with van der Waals surface area (Å²) < 4.78 is 21.5. The number of aromatic nitrogens is 3. The topological polar surface area (TPSA) is 118 Å². The van der Waals surface area contributed by atoms with E-state index in [4.69, 9.17) is 4.74 Å². The normalized spacial score (nSPS) is 15.2. The lowest BCUT2D eigenvalue weighted by molar-refractivity contribution is -0.119. The van der Waals surface area contributed by atoms with Gasteiger partial charge < -0.3 is 19.9 Å². The largest absolute Gasteiger partial charge is 0.442 e. The van der Waals surface area contributed by atoms with Crippen LogP contribution in [0.2, 0.25) is 0 Å². The van der Waals surface area contributed by atoms with Gasteiger partial charge in [0.05, 0.1) is 24.5 Å². The molecule has 2 aromatic heterocycles. The van der Waals surface area contributed by atoms with E-state index in [2.05, 4.69) is 20.6 Å². The highest BCUT2D eigenvalue weighted by Crippen LogP contribution is 2.25. The highest BCUT2D eigenvalue weighted by Gasteiger charge is 2.32. The van der Waals surface area contributed by atoms with Crippen LogP contribution >= 0.6 is 0 Å². The fraction of sp³-hybridized carbons (Fsp3) is 0.261. The van der Waals surface area contributed by atoms with Crippen molar-refractivity contribution in [2.75, 3.05) is 24.5 Å². The van der Waals surface area contributed by atoms with Crippen molar-refractivity contribution in [1.29, 1.82) is 0 Å². The molecule has 11 heteroatoms. The Kier molecular flexibility index (Phi) is 6.81. The fourth-order valence-electron chi connectivity index (χ4n) is 3.48. The van der Waals surface area contributed by atoms with Crippen molar-refractivity contribution in [3.63, 3.8) is 0 Å². The summed E-state index contributed by atoms with van der Waals surface area (Å²) in [5.41, 5.74) is 1.50. The first-order chi connectivity index (χ1) is 16.4. The molecule has 3 heterocycles. The Bertz CT molecular complexity index is 1200. The van der Waals surface area contributed by atoms with Crippen molar-refractivity contribution in [2.45, 2.75) is 19.4 Å². The van der Waals surface area contributed by atoms with Crippen LogP contribution in [0.25, 0.3) is 5.69 Å². The molecule has 2 N–H and O–H groups in total. The standard InChI is InChI=1S/C23H23FN6O4/c1-15(31)27-11-18-12-30(23(33)34-18)17-5-6-21(19(24)10-17)29-13-20(28-14-29)22(32)26-9-7-16-4-2-3-8-25-16/h2-6,8,10,13-14,18H,7,9,11-12H2,1H3,(H,26,32)(H,27,31)/t18-/m0/s1. The molecule has 1 atom stereocenters. The van der Waals surface area contributed by atoms with Gasteiger partial charge in [0.15, 0.2) is 0 Å². The van der Waals surface area contributed by atoms with Crippen LogP contribution in [0.3, 0.4) is 0 Å². The van der Waals surface area contributed by atoms with Gasteiger partial charge in [0, 0.05) is 38.0 Å². The number of hydrogen-bond acceptors (Lipinski definition) is 6. The first-order valence-electron chi connectivity index (χ1n) is 10.7. The van der Waals surface area contributed by atoms with Crippen LogP contribution in [0.1, 0.15) is 23.1 Å². The molecular formula is C23H23FN6O4. The molecule has 0 spiro atoms. The van der Waals surface area contributed by atoms with Crippen LogP contribution in [-0.2, 0) is 16.0 Å². The molecular weight excluding hydrogens is 443 g/mol. The number of carbonyl (C=O) groups excluding carboxylic acids is 3. The number of halogens is 1. The number of cyclic esters (lactones) is 1. The molecule has 3 amide bonds. The van der Waals surface area contributed by atoms with Crippen molar-refractivity contribution in [1.82, 2.24) is 25.2 Å². The summed E-state index contributed by atoms with van der Waals surface area (Å²) in [4.78, 5) is 45.1. The van der Waals surface area contributed by atoms with Crippen LogP contribution in [0, 0.1) is 5.82 Å². The number of rotatable bonds is 8. The summed E-state index contributed by atoms with van der Waals surface area (Å²) in [5.74, 6) is -1.21. The molecule has 4 rings (SSSR count). The maximum absolute atomic E-state index is 14.9. The summed E-state index contributed by atoms with van der Waals surface area (Å²) in [6.45, 7) is 2.13. The minimum absolute atomic E-state index is 0.147. The van der Waals surface area contributed by atoms with Gasteiger partial charge >= 0.3 is 6.09 Å². The summed E-state index contributed by atoms with van der Waals surface area (Å²) >= 11 is 0. The second-order valence-corrected chi connectivity index (χ2v) is 7.68. The molecule has 176 valence electrons. The zero-order valence-electron chi connectivity index (χ0n) is 18.4. The van der Waals surface area contributed by atoms with Crippen LogP contribution in [0.5, 0.6) is 0 Å². The van der Waals surface area contributed by atoms with E-state index in [9.17, 15) is 18.8 Å². The monoisotopic (exact) mass is 466 g/mol. The zero-order valence-corrected chi connectivity index (χ0v) is 18.4. The average Bonchev–Trinajstić information content (AvgIpc) is 3.45. The highest BCUT2D eigenvalue weighted by molar-refractivity contribution is 5.92. The van der Waals surface area contributed by atoms with E-state index in [1.165, 1.54) is 41.0 Å². The zero-order chi connectivity index (χ0) is 24.1. The Balaban J connectivity index is 1.38. The number of nitrogens with zero attached hydrogens (tertiary/aromatic N) is 4. The number of imidazole rings is 1. The Labute approximate surface area is 194 Å². The smallest absolute Gasteiger partial charge is 0.414 e. The molecule has 1 aliphatic heterocycles. The molecule has 0 radical (unpaired) electrons. The van der Waals surface area contributed by atoms with E-state index in [1.54, 1.807) is 12.3 Å². The molecule has 1 saturated heterocycles. The van der Waals surface area contributed by atoms with E-state index < -0.39 is 18.0 Å². The quantitative estimate of drug-likeness (QED) is 0.523. The van der Waals surface area contributed by atoms with Gasteiger partial charge in [-0.2, -0.15) is 0 Å². The Morgan fingerprint density at radius 3 is 2.79 bits per heavy atom. The first kappa shape index (κ1) is 22.9. The van der Waals surface area contributed by atoms with Gasteiger partial charge in [-0.3, -0.25) is 19.5 Å². The van der Waals surface area contributed by atoms with Gasteiger partial charge in [0.2, 0.25) is 5.91 Å². The van der Waals surface area contributed by atoms with Crippen molar-refractivity contribution in [3.8, 4) is 5.69 Å². The molecule has 0 unspecified atom stereocenters. The lowest BCUT2D eigenvalue weighted by Gasteiger charge is -2.14. The number of ether oxygens (including phenoxy) is 1. The Hall–Kier alpha value is -4.28. The predicted molar refractivity (Wildman–Crippen MR) is 120 cm³/mol. The van der Waals surface area contributed by atoms with Gasteiger partial charge in [0.25, 0.3) is 5.91 Å². The van der Waals surface area contributed by atoms with E-state index in [-0.39, 0.29) is 36.3 Å². The molecule has 0 saturated carbocycles. The summed E-state index contributed by atoms with van der Waals surface area (Å²) in [6.07, 6.45) is 3.91. The van der Waals surface area contributed by atoms with E-state index in [0.717, 1.165) is 5.69 Å². The maximum Gasteiger partial charge on any atom is 0.414 e. The van der Waals surface area contributed by atoms with Crippen LogP contribution in [0.4, 0.5) is 14.9 Å². The van der Waals surface area contributed by atoms with Gasteiger partial charge in [0.1, 0.15) is 23.9 Å². The van der Waals surface area contributed by atoms with E-state index >= 15 is 0 Å². The van der Waals surface area contributed by atoms with E-state index in [0.29, 0.717) is 18.7 Å². The second-order valence-electron chi connectivity index (χ2n) is 7.68. The number of carbonyl (C=O) groups is 3. The number of nitrogens with one attached hydrogen (secondary N) is 2. The van der Waals surface area contributed by atoms with Crippen LogP contribution < -0.4 is 15.5 Å².